The van der Waals surface area contributed by atoms with E-state index >= 15 is 0 Å². The fourth-order valence-electron chi connectivity index (χ4n) is 2.25. The molecule has 0 saturated heterocycles. The fourth-order valence-corrected chi connectivity index (χ4v) is 2.79. The average molecular weight is 399 g/mol. The van der Waals surface area contributed by atoms with Gasteiger partial charge in [0, 0.05) is 9.26 Å². The van der Waals surface area contributed by atoms with Gasteiger partial charge in [-0.05, 0) is 59.0 Å². The Morgan fingerprint density at radius 2 is 1.95 bits per heavy atom. The van der Waals surface area contributed by atoms with E-state index in [2.05, 4.69) is 56.4 Å². The standard InChI is InChI=1S/C15H12ClIN2O/c1-20-13-4-2-3-12-15(13)18-14(9-16)19(12)11-7-5-10(17)6-8-11/h2-8H,9H2,1H3. The third-order valence-electron chi connectivity index (χ3n) is 3.14. The molecule has 0 fully saturated rings. The van der Waals surface area contributed by atoms with Gasteiger partial charge in [-0.1, -0.05) is 6.07 Å². The van der Waals surface area contributed by atoms with Gasteiger partial charge in [0.05, 0.1) is 18.5 Å². The first-order valence-electron chi connectivity index (χ1n) is 6.11. The number of halogens is 2. The minimum atomic E-state index is 0.351. The zero-order valence-corrected chi connectivity index (χ0v) is 13.7. The molecule has 2 aromatic carbocycles. The summed E-state index contributed by atoms with van der Waals surface area (Å²) in [6.07, 6.45) is 0. The van der Waals surface area contributed by atoms with Crippen molar-refractivity contribution in [2.24, 2.45) is 0 Å². The molecule has 1 aromatic heterocycles. The number of imidazole rings is 1. The number of para-hydroxylation sites is 1. The van der Waals surface area contributed by atoms with Crippen LogP contribution in [-0.4, -0.2) is 16.7 Å². The number of methoxy groups -OCH3 is 1. The van der Waals surface area contributed by atoms with E-state index in [1.165, 1.54) is 3.57 Å². The second kappa shape index (κ2) is 5.61. The van der Waals surface area contributed by atoms with Crippen LogP contribution in [0.2, 0.25) is 0 Å². The largest absolute Gasteiger partial charge is 0.494 e. The van der Waals surface area contributed by atoms with Crippen molar-refractivity contribution in [2.75, 3.05) is 7.11 Å². The Labute approximate surface area is 135 Å². The van der Waals surface area contributed by atoms with Crippen LogP contribution in [0.1, 0.15) is 5.82 Å². The molecule has 102 valence electrons. The molecule has 0 aliphatic carbocycles. The molecule has 3 rings (SSSR count). The highest BCUT2D eigenvalue weighted by molar-refractivity contribution is 14.1. The molecule has 0 saturated carbocycles. The van der Waals surface area contributed by atoms with E-state index in [9.17, 15) is 0 Å². The lowest BCUT2D eigenvalue weighted by atomic mass is 10.2. The van der Waals surface area contributed by atoms with Gasteiger partial charge in [-0.25, -0.2) is 4.98 Å². The number of alkyl halides is 1. The molecule has 0 atom stereocenters. The zero-order chi connectivity index (χ0) is 14.1. The van der Waals surface area contributed by atoms with Crippen molar-refractivity contribution in [3.63, 3.8) is 0 Å². The van der Waals surface area contributed by atoms with Gasteiger partial charge in [0.15, 0.2) is 0 Å². The molecule has 3 nitrogen and oxygen atoms in total. The van der Waals surface area contributed by atoms with Crippen LogP contribution < -0.4 is 4.74 Å². The SMILES string of the molecule is COc1cccc2c1nc(CCl)n2-c1ccc(I)cc1. The molecule has 0 bridgehead atoms. The number of benzene rings is 2. The number of hydrogen-bond donors (Lipinski definition) is 0. The van der Waals surface area contributed by atoms with Gasteiger partial charge in [-0.2, -0.15) is 0 Å². The monoisotopic (exact) mass is 398 g/mol. The first-order valence-corrected chi connectivity index (χ1v) is 7.72. The Morgan fingerprint density at radius 3 is 2.60 bits per heavy atom. The van der Waals surface area contributed by atoms with Gasteiger partial charge in [0.2, 0.25) is 0 Å². The van der Waals surface area contributed by atoms with E-state index in [0.717, 1.165) is 28.3 Å². The molecule has 0 unspecified atom stereocenters. The van der Waals surface area contributed by atoms with Crippen molar-refractivity contribution in [3.05, 3.63) is 51.9 Å². The van der Waals surface area contributed by atoms with E-state index in [-0.39, 0.29) is 0 Å². The summed E-state index contributed by atoms with van der Waals surface area (Å²) in [6.45, 7) is 0. The summed E-state index contributed by atoms with van der Waals surface area (Å²) in [5, 5.41) is 0. The summed E-state index contributed by atoms with van der Waals surface area (Å²) < 4.78 is 8.64. The van der Waals surface area contributed by atoms with E-state index in [1.807, 2.05) is 18.2 Å². The maximum absolute atomic E-state index is 6.05. The zero-order valence-electron chi connectivity index (χ0n) is 10.8. The van der Waals surface area contributed by atoms with Crippen molar-refractivity contribution in [3.8, 4) is 11.4 Å². The van der Waals surface area contributed by atoms with E-state index in [1.54, 1.807) is 7.11 Å². The molecule has 20 heavy (non-hydrogen) atoms. The van der Waals surface area contributed by atoms with Gasteiger partial charge < -0.3 is 4.74 Å². The number of aromatic nitrogens is 2. The second-order valence-electron chi connectivity index (χ2n) is 4.30. The lowest BCUT2D eigenvalue weighted by Crippen LogP contribution is -1.99. The predicted octanol–water partition coefficient (Wildman–Crippen LogP) is 4.38. The van der Waals surface area contributed by atoms with Crippen LogP contribution in [0.3, 0.4) is 0 Å². The lowest BCUT2D eigenvalue weighted by Gasteiger charge is -2.08. The molecule has 0 aliphatic heterocycles. The predicted molar refractivity (Wildman–Crippen MR) is 89.9 cm³/mol. The normalized spacial score (nSPS) is 10.9. The van der Waals surface area contributed by atoms with Gasteiger partial charge in [0.1, 0.15) is 17.1 Å². The smallest absolute Gasteiger partial charge is 0.146 e. The van der Waals surface area contributed by atoms with Crippen LogP contribution in [-0.2, 0) is 5.88 Å². The molecule has 0 aliphatic rings. The Balaban J connectivity index is 2.30. The average Bonchev–Trinajstić information content (AvgIpc) is 2.86. The van der Waals surface area contributed by atoms with Crippen molar-refractivity contribution in [1.82, 2.24) is 9.55 Å². The minimum Gasteiger partial charge on any atom is -0.494 e. The number of hydrogen-bond acceptors (Lipinski definition) is 2. The van der Waals surface area contributed by atoms with Crippen LogP contribution in [0.5, 0.6) is 5.75 Å². The molecule has 3 aromatic rings. The summed E-state index contributed by atoms with van der Waals surface area (Å²) in [4.78, 5) is 4.60. The highest BCUT2D eigenvalue weighted by Crippen LogP contribution is 2.29. The van der Waals surface area contributed by atoms with Crippen molar-refractivity contribution in [1.29, 1.82) is 0 Å². The summed E-state index contributed by atoms with van der Waals surface area (Å²) in [5.74, 6) is 1.93. The summed E-state index contributed by atoms with van der Waals surface area (Å²) in [7, 11) is 1.65. The van der Waals surface area contributed by atoms with E-state index in [0.29, 0.717) is 5.88 Å². The van der Waals surface area contributed by atoms with Crippen molar-refractivity contribution >= 4 is 45.2 Å². The Bertz CT molecular complexity index is 752. The van der Waals surface area contributed by atoms with E-state index < -0.39 is 0 Å². The summed E-state index contributed by atoms with van der Waals surface area (Å²) in [6, 6.07) is 14.2. The molecule has 0 N–H and O–H groups in total. The first-order chi connectivity index (χ1) is 9.74. The number of ether oxygens (including phenoxy) is 1. The summed E-state index contributed by atoms with van der Waals surface area (Å²) >= 11 is 8.35. The quantitative estimate of drug-likeness (QED) is 0.484. The van der Waals surface area contributed by atoms with Gasteiger partial charge in [-0.3, -0.25) is 4.57 Å². The number of rotatable bonds is 3. The lowest BCUT2D eigenvalue weighted by molar-refractivity contribution is 0.419. The molecule has 1 heterocycles. The second-order valence-corrected chi connectivity index (χ2v) is 5.81. The number of nitrogens with zero attached hydrogens (tertiary/aromatic N) is 2. The summed E-state index contributed by atoms with van der Waals surface area (Å²) in [5.41, 5.74) is 2.89. The molecular weight excluding hydrogens is 387 g/mol. The molecule has 0 spiro atoms. The fraction of sp³-hybridized carbons (Fsp3) is 0.133. The topological polar surface area (TPSA) is 27.1 Å². The Morgan fingerprint density at radius 1 is 1.20 bits per heavy atom. The Hall–Kier alpha value is -1.27. The minimum absolute atomic E-state index is 0.351. The van der Waals surface area contributed by atoms with Crippen LogP contribution in [0.25, 0.3) is 16.7 Å². The number of fused-ring (bicyclic) bond motifs is 1. The molecule has 5 heteroatoms. The first kappa shape index (κ1) is 13.7. The van der Waals surface area contributed by atoms with Gasteiger partial charge >= 0.3 is 0 Å². The van der Waals surface area contributed by atoms with Crippen molar-refractivity contribution < 1.29 is 4.74 Å². The van der Waals surface area contributed by atoms with Gasteiger partial charge in [0.25, 0.3) is 0 Å². The van der Waals surface area contributed by atoms with Crippen LogP contribution in [0.4, 0.5) is 0 Å². The van der Waals surface area contributed by atoms with Crippen LogP contribution >= 0.6 is 34.2 Å². The van der Waals surface area contributed by atoms with E-state index in [4.69, 9.17) is 16.3 Å². The third kappa shape index (κ3) is 2.27. The highest BCUT2D eigenvalue weighted by atomic mass is 127. The molecule has 0 radical (unpaired) electrons. The molecule has 0 amide bonds. The van der Waals surface area contributed by atoms with Crippen LogP contribution in [0, 0.1) is 3.57 Å². The van der Waals surface area contributed by atoms with Crippen LogP contribution in [0.15, 0.2) is 42.5 Å². The molecular formula is C15H12ClIN2O. The third-order valence-corrected chi connectivity index (χ3v) is 4.10. The van der Waals surface area contributed by atoms with Gasteiger partial charge in [-0.15, -0.1) is 11.6 Å². The maximum atomic E-state index is 6.05. The Kier molecular flexibility index (Phi) is 3.85. The van der Waals surface area contributed by atoms with Crippen molar-refractivity contribution in [2.45, 2.75) is 5.88 Å². The maximum Gasteiger partial charge on any atom is 0.146 e. The highest BCUT2D eigenvalue weighted by Gasteiger charge is 2.14.